The second kappa shape index (κ2) is 8.19. The van der Waals surface area contributed by atoms with Crippen molar-refractivity contribution in [3.8, 4) is 5.75 Å². The van der Waals surface area contributed by atoms with Gasteiger partial charge in [-0.05, 0) is 37.2 Å². The third-order valence-corrected chi connectivity index (χ3v) is 3.48. The molecule has 1 aromatic carbocycles. The fourth-order valence-corrected chi connectivity index (χ4v) is 2.31. The molecule has 0 aromatic heterocycles. The predicted molar refractivity (Wildman–Crippen MR) is 76.5 cm³/mol. The number of methoxy groups -OCH3 is 1. The number of nitrogens with one attached hydrogen (secondary N) is 1. The smallest absolute Gasteiger partial charge is 0.165 e. The van der Waals surface area contributed by atoms with E-state index in [-0.39, 0.29) is 5.82 Å². The van der Waals surface area contributed by atoms with Gasteiger partial charge in [0.05, 0.1) is 20.3 Å². The van der Waals surface area contributed by atoms with Crippen molar-refractivity contribution in [3.63, 3.8) is 0 Å². The molecule has 2 rings (SSSR count). The first kappa shape index (κ1) is 15.2. The number of nitrogens with zero attached hydrogens (tertiary/aromatic N) is 1. The Morgan fingerprint density at radius 3 is 2.85 bits per heavy atom. The molecule has 1 heterocycles. The lowest BCUT2D eigenvalue weighted by molar-refractivity contribution is 0.0374. The largest absolute Gasteiger partial charge is 0.494 e. The van der Waals surface area contributed by atoms with Crippen LogP contribution in [0.5, 0.6) is 5.75 Å². The highest BCUT2D eigenvalue weighted by Crippen LogP contribution is 2.17. The Labute approximate surface area is 119 Å². The van der Waals surface area contributed by atoms with Crippen LogP contribution in [0.1, 0.15) is 12.0 Å². The molecular weight excluding hydrogens is 259 g/mol. The molecule has 0 spiro atoms. The van der Waals surface area contributed by atoms with Gasteiger partial charge in [0.15, 0.2) is 11.6 Å². The zero-order chi connectivity index (χ0) is 14.2. The molecule has 1 N–H and O–H groups in total. The van der Waals surface area contributed by atoms with Crippen LogP contribution in [0, 0.1) is 5.82 Å². The van der Waals surface area contributed by atoms with Crippen molar-refractivity contribution in [1.82, 2.24) is 10.2 Å². The van der Waals surface area contributed by atoms with E-state index in [0.717, 1.165) is 51.4 Å². The third-order valence-electron chi connectivity index (χ3n) is 3.48. The summed E-state index contributed by atoms with van der Waals surface area (Å²) in [6.07, 6.45) is 1.10. The zero-order valence-electron chi connectivity index (χ0n) is 12.0. The molecule has 0 saturated carbocycles. The van der Waals surface area contributed by atoms with Crippen LogP contribution in [0.2, 0.25) is 0 Å². The van der Waals surface area contributed by atoms with Gasteiger partial charge >= 0.3 is 0 Å². The van der Waals surface area contributed by atoms with Crippen molar-refractivity contribution in [1.29, 1.82) is 0 Å². The molecule has 0 aliphatic carbocycles. The molecule has 0 unspecified atom stereocenters. The first-order chi connectivity index (χ1) is 9.79. The molecule has 0 radical (unpaired) electrons. The van der Waals surface area contributed by atoms with E-state index in [1.165, 1.54) is 13.2 Å². The quantitative estimate of drug-likeness (QED) is 0.771. The van der Waals surface area contributed by atoms with Gasteiger partial charge in [-0.1, -0.05) is 6.07 Å². The molecule has 1 fully saturated rings. The lowest BCUT2D eigenvalue weighted by atomic mass is 10.2. The summed E-state index contributed by atoms with van der Waals surface area (Å²) in [7, 11) is 1.47. The number of rotatable bonds is 7. The topological polar surface area (TPSA) is 33.7 Å². The SMILES string of the molecule is COc1ccc(CNCCCN2CCOCC2)cc1F. The molecule has 4 nitrogen and oxygen atoms in total. The first-order valence-electron chi connectivity index (χ1n) is 7.13. The molecule has 1 saturated heterocycles. The van der Waals surface area contributed by atoms with E-state index in [1.54, 1.807) is 6.07 Å². The molecule has 0 bridgehead atoms. The minimum absolute atomic E-state index is 0.293. The van der Waals surface area contributed by atoms with Gasteiger partial charge in [0.25, 0.3) is 0 Å². The number of hydrogen-bond acceptors (Lipinski definition) is 4. The van der Waals surface area contributed by atoms with Crippen molar-refractivity contribution >= 4 is 0 Å². The number of ether oxygens (including phenoxy) is 2. The summed E-state index contributed by atoms with van der Waals surface area (Å²) in [5, 5.41) is 3.34. The average molecular weight is 282 g/mol. The third kappa shape index (κ3) is 4.74. The molecule has 1 aliphatic rings. The van der Waals surface area contributed by atoms with Crippen LogP contribution in [-0.2, 0) is 11.3 Å². The maximum atomic E-state index is 13.5. The van der Waals surface area contributed by atoms with Gasteiger partial charge in [-0.25, -0.2) is 4.39 Å². The lowest BCUT2D eigenvalue weighted by Crippen LogP contribution is -2.37. The normalized spacial score (nSPS) is 16.3. The van der Waals surface area contributed by atoms with E-state index in [4.69, 9.17) is 9.47 Å². The number of morpholine rings is 1. The molecule has 112 valence electrons. The Kier molecular flexibility index (Phi) is 6.24. The molecule has 0 amide bonds. The van der Waals surface area contributed by atoms with E-state index in [2.05, 4.69) is 10.2 Å². The van der Waals surface area contributed by atoms with Crippen LogP contribution in [0.15, 0.2) is 18.2 Å². The van der Waals surface area contributed by atoms with Gasteiger partial charge in [0.2, 0.25) is 0 Å². The van der Waals surface area contributed by atoms with Crippen molar-refractivity contribution < 1.29 is 13.9 Å². The van der Waals surface area contributed by atoms with Crippen molar-refractivity contribution in [3.05, 3.63) is 29.6 Å². The van der Waals surface area contributed by atoms with Crippen LogP contribution >= 0.6 is 0 Å². The van der Waals surface area contributed by atoms with Gasteiger partial charge in [-0.15, -0.1) is 0 Å². The van der Waals surface area contributed by atoms with Gasteiger partial charge in [0, 0.05) is 19.6 Å². The highest BCUT2D eigenvalue weighted by molar-refractivity contribution is 5.29. The highest BCUT2D eigenvalue weighted by atomic mass is 19.1. The summed E-state index contributed by atoms with van der Waals surface area (Å²) in [4.78, 5) is 2.41. The summed E-state index contributed by atoms with van der Waals surface area (Å²) < 4.78 is 23.7. The summed E-state index contributed by atoms with van der Waals surface area (Å²) >= 11 is 0. The van der Waals surface area contributed by atoms with E-state index in [9.17, 15) is 4.39 Å². The van der Waals surface area contributed by atoms with Crippen molar-refractivity contribution in [2.75, 3.05) is 46.5 Å². The summed E-state index contributed by atoms with van der Waals surface area (Å²) in [6, 6.07) is 5.07. The Bertz CT molecular complexity index is 409. The second-order valence-corrected chi connectivity index (χ2v) is 4.95. The van der Waals surface area contributed by atoms with Gasteiger partial charge < -0.3 is 14.8 Å². The van der Waals surface area contributed by atoms with E-state index < -0.39 is 0 Å². The molecular formula is C15H23FN2O2. The van der Waals surface area contributed by atoms with Gasteiger partial charge in [0.1, 0.15) is 0 Å². The first-order valence-corrected chi connectivity index (χ1v) is 7.13. The summed E-state index contributed by atoms with van der Waals surface area (Å²) in [5.74, 6) is -0.0128. The molecule has 20 heavy (non-hydrogen) atoms. The van der Waals surface area contributed by atoms with Gasteiger partial charge in [-0.3, -0.25) is 4.90 Å². The summed E-state index contributed by atoms with van der Waals surface area (Å²) in [6.45, 7) is 6.47. The predicted octanol–water partition coefficient (Wildman–Crippen LogP) is 1.65. The number of halogens is 1. The molecule has 0 atom stereocenters. The lowest BCUT2D eigenvalue weighted by Gasteiger charge is -2.26. The maximum Gasteiger partial charge on any atom is 0.165 e. The number of benzene rings is 1. The second-order valence-electron chi connectivity index (χ2n) is 4.95. The Morgan fingerprint density at radius 2 is 2.15 bits per heavy atom. The van der Waals surface area contributed by atoms with E-state index in [0.29, 0.717) is 12.3 Å². The van der Waals surface area contributed by atoms with Crippen molar-refractivity contribution in [2.45, 2.75) is 13.0 Å². The maximum absolute atomic E-state index is 13.5. The summed E-state index contributed by atoms with van der Waals surface area (Å²) in [5.41, 5.74) is 0.940. The Morgan fingerprint density at radius 1 is 1.35 bits per heavy atom. The fourth-order valence-electron chi connectivity index (χ4n) is 2.31. The Hall–Kier alpha value is -1.17. The zero-order valence-corrected chi connectivity index (χ0v) is 12.0. The van der Waals surface area contributed by atoms with Crippen LogP contribution in [0.4, 0.5) is 4.39 Å². The van der Waals surface area contributed by atoms with Crippen LogP contribution in [0.3, 0.4) is 0 Å². The average Bonchev–Trinajstić information content (AvgIpc) is 2.48. The Balaban J connectivity index is 1.61. The van der Waals surface area contributed by atoms with E-state index >= 15 is 0 Å². The highest BCUT2D eigenvalue weighted by Gasteiger charge is 2.09. The fraction of sp³-hybridized carbons (Fsp3) is 0.600. The minimum Gasteiger partial charge on any atom is -0.494 e. The molecule has 1 aromatic rings. The van der Waals surface area contributed by atoms with Crippen LogP contribution < -0.4 is 10.1 Å². The van der Waals surface area contributed by atoms with Crippen molar-refractivity contribution in [2.24, 2.45) is 0 Å². The van der Waals surface area contributed by atoms with Crippen LogP contribution in [0.25, 0.3) is 0 Å². The standard InChI is InChI=1S/C15H23FN2O2/c1-19-15-4-3-13(11-14(15)16)12-17-5-2-6-18-7-9-20-10-8-18/h3-4,11,17H,2,5-10,12H2,1H3. The number of hydrogen-bond donors (Lipinski definition) is 1. The minimum atomic E-state index is -0.305. The van der Waals surface area contributed by atoms with Crippen LogP contribution in [-0.4, -0.2) is 51.4 Å². The van der Waals surface area contributed by atoms with Gasteiger partial charge in [-0.2, -0.15) is 0 Å². The molecule has 1 aliphatic heterocycles. The van der Waals surface area contributed by atoms with E-state index in [1.807, 2.05) is 6.07 Å². The molecule has 5 heteroatoms. The monoisotopic (exact) mass is 282 g/mol.